The first-order valence-electron chi connectivity index (χ1n) is 5.79. The Bertz CT molecular complexity index is 402. The average Bonchev–Trinajstić information content (AvgIpc) is 2.39. The van der Waals surface area contributed by atoms with E-state index in [1.807, 2.05) is 18.0 Å². The lowest BCUT2D eigenvalue weighted by molar-refractivity contribution is 0.0692. The Labute approximate surface area is 134 Å². The Morgan fingerprint density at radius 2 is 2.21 bits per heavy atom. The maximum absolute atomic E-state index is 12.2. The van der Waals surface area contributed by atoms with E-state index in [2.05, 4.69) is 26.2 Å². The van der Waals surface area contributed by atoms with E-state index in [4.69, 9.17) is 0 Å². The summed E-state index contributed by atoms with van der Waals surface area (Å²) in [6, 6.07) is 4.01. The summed E-state index contributed by atoms with van der Waals surface area (Å²) in [5.74, 6) is 0.0254. The van der Waals surface area contributed by atoms with E-state index in [-0.39, 0.29) is 30.7 Å². The Morgan fingerprint density at radius 1 is 1.47 bits per heavy atom. The standard InChI is InChI=1S/C12H16BrN3O.2ClH/c1-14-10-3-2-6-16(8-10)12(17)11-5-4-9(13)7-15-11;;/h4-5,7,10,14H,2-3,6,8H2,1H3;2*1H. The molecule has 1 fully saturated rings. The number of carbonyl (C=O) groups excluding carboxylic acids is 1. The van der Waals surface area contributed by atoms with Gasteiger partial charge in [0, 0.05) is 29.8 Å². The van der Waals surface area contributed by atoms with E-state index < -0.39 is 0 Å². The largest absolute Gasteiger partial charge is 0.336 e. The molecular weight excluding hydrogens is 353 g/mol. The molecule has 2 rings (SSSR count). The summed E-state index contributed by atoms with van der Waals surface area (Å²) in [5, 5.41) is 3.23. The molecule has 0 radical (unpaired) electrons. The number of hydrogen-bond donors (Lipinski definition) is 1. The highest BCUT2D eigenvalue weighted by molar-refractivity contribution is 9.10. The van der Waals surface area contributed by atoms with E-state index in [0.717, 1.165) is 30.4 Å². The predicted octanol–water partition coefficient (Wildman–Crippen LogP) is 2.51. The van der Waals surface area contributed by atoms with E-state index >= 15 is 0 Å². The molecule has 1 saturated heterocycles. The number of likely N-dealkylation sites (tertiary alicyclic amines) is 1. The Balaban J connectivity index is 0.00000162. The molecule has 1 aromatic heterocycles. The van der Waals surface area contributed by atoms with Crippen LogP contribution < -0.4 is 5.32 Å². The maximum atomic E-state index is 12.2. The lowest BCUT2D eigenvalue weighted by Gasteiger charge is -2.32. The van der Waals surface area contributed by atoms with Crippen molar-refractivity contribution < 1.29 is 4.79 Å². The second-order valence-electron chi connectivity index (χ2n) is 4.24. The molecule has 1 unspecified atom stereocenters. The summed E-state index contributed by atoms with van der Waals surface area (Å²) in [6.07, 6.45) is 3.84. The SMILES string of the molecule is CNC1CCCN(C(=O)c2ccc(Br)cn2)C1.Cl.Cl. The molecule has 1 N–H and O–H groups in total. The van der Waals surface area contributed by atoms with Gasteiger partial charge in [0.1, 0.15) is 5.69 Å². The molecule has 1 aliphatic heterocycles. The molecule has 7 heteroatoms. The van der Waals surface area contributed by atoms with Crippen LogP contribution in [0.25, 0.3) is 0 Å². The van der Waals surface area contributed by atoms with Gasteiger partial charge in [0.05, 0.1) is 0 Å². The fourth-order valence-corrected chi connectivity index (χ4v) is 2.30. The lowest BCUT2D eigenvalue weighted by Crippen LogP contribution is -2.47. The smallest absolute Gasteiger partial charge is 0.272 e. The molecule has 1 amide bonds. The molecule has 1 aliphatic rings. The molecule has 19 heavy (non-hydrogen) atoms. The average molecular weight is 371 g/mol. The number of pyridine rings is 1. The van der Waals surface area contributed by atoms with Crippen molar-refractivity contribution in [3.8, 4) is 0 Å². The zero-order chi connectivity index (χ0) is 12.3. The summed E-state index contributed by atoms with van der Waals surface area (Å²) >= 11 is 3.31. The number of carbonyl (C=O) groups is 1. The van der Waals surface area contributed by atoms with E-state index in [1.54, 1.807) is 12.3 Å². The minimum Gasteiger partial charge on any atom is -0.336 e. The van der Waals surface area contributed by atoms with Crippen molar-refractivity contribution in [2.24, 2.45) is 0 Å². The number of nitrogens with zero attached hydrogens (tertiary/aromatic N) is 2. The number of aromatic nitrogens is 1. The lowest BCUT2D eigenvalue weighted by atomic mass is 10.1. The number of likely N-dealkylation sites (N-methyl/N-ethyl adjacent to an activating group) is 1. The van der Waals surface area contributed by atoms with Crippen molar-refractivity contribution >= 4 is 46.7 Å². The zero-order valence-corrected chi connectivity index (χ0v) is 13.9. The van der Waals surface area contributed by atoms with Gasteiger partial charge in [-0.3, -0.25) is 4.79 Å². The minimum absolute atomic E-state index is 0. The summed E-state index contributed by atoms with van der Waals surface area (Å²) in [5.41, 5.74) is 0.518. The highest BCUT2D eigenvalue weighted by atomic mass is 79.9. The van der Waals surface area contributed by atoms with Gasteiger partial charge >= 0.3 is 0 Å². The van der Waals surface area contributed by atoms with Crippen LogP contribution in [-0.4, -0.2) is 42.0 Å². The van der Waals surface area contributed by atoms with Crippen LogP contribution in [0.4, 0.5) is 0 Å². The molecule has 1 atom stereocenters. The zero-order valence-electron chi connectivity index (χ0n) is 10.6. The second kappa shape index (κ2) is 8.74. The number of nitrogens with one attached hydrogen (secondary N) is 1. The highest BCUT2D eigenvalue weighted by Gasteiger charge is 2.23. The van der Waals surface area contributed by atoms with Crippen LogP contribution in [-0.2, 0) is 0 Å². The van der Waals surface area contributed by atoms with E-state index in [9.17, 15) is 4.79 Å². The van der Waals surface area contributed by atoms with Crippen LogP contribution in [0, 0.1) is 0 Å². The van der Waals surface area contributed by atoms with Gasteiger partial charge in [0.2, 0.25) is 0 Å². The Hall–Kier alpha value is -0.360. The highest BCUT2D eigenvalue weighted by Crippen LogP contribution is 2.14. The second-order valence-corrected chi connectivity index (χ2v) is 5.16. The van der Waals surface area contributed by atoms with Crippen LogP contribution >= 0.6 is 40.7 Å². The molecule has 2 heterocycles. The minimum atomic E-state index is 0. The monoisotopic (exact) mass is 369 g/mol. The molecule has 0 bridgehead atoms. The van der Waals surface area contributed by atoms with Crippen LogP contribution in [0.1, 0.15) is 23.3 Å². The number of amides is 1. The molecule has 0 spiro atoms. The van der Waals surface area contributed by atoms with Crippen LogP contribution in [0.5, 0.6) is 0 Å². The third-order valence-electron chi connectivity index (χ3n) is 3.06. The quantitative estimate of drug-likeness (QED) is 0.869. The van der Waals surface area contributed by atoms with Crippen molar-refractivity contribution in [2.75, 3.05) is 20.1 Å². The van der Waals surface area contributed by atoms with Crippen LogP contribution in [0.3, 0.4) is 0 Å². The maximum Gasteiger partial charge on any atom is 0.272 e. The topological polar surface area (TPSA) is 45.2 Å². The van der Waals surface area contributed by atoms with Crippen molar-refractivity contribution in [1.29, 1.82) is 0 Å². The van der Waals surface area contributed by atoms with Gasteiger partial charge in [0.15, 0.2) is 0 Å². The molecule has 4 nitrogen and oxygen atoms in total. The number of rotatable bonds is 2. The van der Waals surface area contributed by atoms with Crippen molar-refractivity contribution in [1.82, 2.24) is 15.2 Å². The third-order valence-corrected chi connectivity index (χ3v) is 3.53. The van der Waals surface area contributed by atoms with Crippen molar-refractivity contribution in [3.63, 3.8) is 0 Å². The van der Waals surface area contributed by atoms with Crippen molar-refractivity contribution in [3.05, 3.63) is 28.5 Å². The molecule has 0 saturated carbocycles. The predicted molar refractivity (Wildman–Crippen MR) is 84.4 cm³/mol. The molecule has 0 aromatic carbocycles. The van der Waals surface area contributed by atoms with Crippen LogP contribution in [0.15, 0.2) is 22.8 Å². The molecular formula is C12H18BrCl2N3O. The number of piperidine rings is 1. The first kappa shape index (κ1) is 18.6. The first-order chi connectivity index (χ1) is 8.20. The van der Waals surface area contributed by atoms with Gasteiger partial charge in [-0.15, -0.1) is 24.8 Å². The fourth-order valence-electron chi connectivity index (χ4n) is 2.06. The summed E-state index contributed by atoms with van der Waals surface area (Å²) in [7, 11) is 1.94. The van der Waals surface area contributed by atoms with E-state index in [1.165, 1.54) is 0 Å². The third kappa shape index (κ3) is 4.91. The van der Waals surface area contributed by atoms with Crippen LogP contribution in [0.2, 0.25) is 0 Å². The normalized spacial score (nSPS) is 18.2. The van der Waals surface area contributed by atoms with Gasteiger partial charge in [-0.25, -0.2) is 4.98 Å². The van der Waals surface area contributed by atoms with Gasteiger partial charge in [-0.05, 0) is 48.0 Å². The number of hydrogen-bond acceptors (Lipinski definition) is 3. The van der Waals surface area contributed by atoms with Gasteiger partial charge in [0.25, 0.3) is 5.91 Å². The van der Waals surface area contributed by atoms with Gasteiger partial charge in [-0.2, -0.15) is 0 Å². The summed E-state index contributed by atoms with van der Waals surface area (Å²) < 4.78 is 0.890. The van der Waals surface area contributed by atoms with Gasteiger partial charge in [-0.1, -0.05) is 0 Å². The first-order valence-corrected chi connectivity index (χ1v) is 6.58. The Morgan fingerprint density at radius 3 is 2.79 bits per heavy atom. The fraction of sp³-hybridized carbons (Fsp3) is 0.500. The Kier molecular flexibility index (Phi) is 8.57. The van der Waals surface area contributed by atoms with Gasteiger partial charge < -0.3 is 10.2 Å². The molecule has 0 aliphatic carbocycles. The molecule has 1 aromatic rings. The van der Waals surface area contributed by atoms with Crippen molar-refractivity contribution in [2.45, 2.75) is 18.9 Å². The summed E-state index contributed by atoms with van der Waals surface area (Å²) in [6.45, 7) is 1.60. The molecule has 108 valence electrons. The number of halogens is 3. The summed E-state index contributed by atoms with van der Waals surface area (Å²) in [4.78, 5) is 18.2. The van der Waals surface area contributed by atoms with E-state index in [0.29, 0.717) is 11.7 Å².